The highest BCUT2D eigenvalue weighted by molar-refractivity contribution is 5.80. The van der Waals surface area contributed by atoms with Gasteiger partial charge in [0.2, 0.25) is 5.91 Å². The van der Waals surface area contributed by atoms with Gasteiger partial charge in [-0.2, -0.15) is 0 Å². The summed E-state index contributed by atoms with van der Waals surface area (Å²) in [7, 11) is 0. The van der Waals surface area contributed by atoms with E-state index in [1.54, 1.807) is 0 Å². The zero-order valence-electron chi connectivity index (χ0n) is 11.9. The lowest BCUT2D eigenvalue weighted by atomic mass is 9.55. The van der Waals surface area contributed by atoms with Crippen LogP contribution in [0.1, 0.15) is 40.5 Å². The Morgan fingerprint density at radius 2 is 2.11 bits per heavy atom. The van der Waals surface area contributed by atoms with Crippen molar-refractivity contribution in [3.05, 3.63) is 0 Å². The van der Waals surface area contributed by atoms with Crippen LogP contribution in [0.25, 0.3) is 0 Å². The molecule has 2 rings (SSSR count). The molecule has 4 heteroatoms. The van der Waals surface area contributed by atoms with E-state index in [4.69, 9.17) is 10.5 Å². The maximum Gasteiger partial charge on any atom is 0.234 e. The monoisotopic (exact) mass is 254 g/mol. The molecule has 1 aliphatic carbocycles. The summed E-state index contributed by atoms with van der Waals surface area (Å²) in [6.45, 7) is 9.37. The number of hydrogen-bond acceptors (Lipinski definition) is 3. The number of carbonyl (C=O) groups is 1. The third-order valence-electron chi connectivity index (χ3n) is 4.66. The summed E-state index contributed by atoms with van der Waals surface area (Å²) in [5.74, 6) is 0.511. The van der Waals surface area contributed by atoms with E-state index in [0.717, 1.165) is 13.0 Å². The van der Waals surface area contributed by atoms with Crippen LogP contribution in [0.2, 0.25) is 0 Å². The number of hydrogen-bond donors (Lipinski definition) is 2. The van der Waals surface area contributed by atoms with E-state index in [-0.39, 0.29) is 23.3 Å². The minimum atomic E-state index is -0.249. The number of nitrogens with two attached hydrogens (primary N) is 1. The van der Waals surface area contributed by atoms with E-state index in [1.807, 2.05) is 13.8 Å². The molecule has 1 saturated heterocycles. The molecule has 3 N–H and O–H groups in total. The average Bonchev–Trinajstić information content (AvgIpc) is 2.28. The topological polar surface area (TPSA) is 64.3 Å². The summed E-state index contributed by atoms with van der Waals surface area (Å²) >= 11 is 0. The Morgan fingerprint density at radius 1 is 1.44 bits per heavy atom. The Morgan fingerprint density at radius 3 is 2.67 bits per heavy atom. The first-order valence-electron chi connectivity index (χ1n) is 7.02. The molecule has 4 unspecified atom stereocenters. The largest absolute Gasteiger partial charge is 0.377 e. The van der Waals surface area contributed by atoms with Crippen molar-refractivity contribution in [3.8, 4) is 0 Å². The van der Waals surface area contributed by atoms with Crippen molar-refractivity contribution < 1.29 is 9.53 Å². The standard InChI is InChI=1S/C14H26N2O2/c1-8(2)10(13(15)17)16-11-9-6-5-7-18-12(9)14(11,3)4/h8-12,16H,5-7H2,1-4H3,(H2,15,17). The molecule has 1 amide bonds. The molecule has 2 fully saturated rings. The number of fused-ring (bicyclic) bond motifs is 1. The Balaban J connectivity index is 2.06. The third-order valence-corrected chi connectivity index (χ3v) is 4.66. The van der Waals surface area contributed by atoms with Crippen LogP contribution in [0, 0.1) is 17.3 Å². The van der Waals surface area contributed by atoms with E-state index in [1.165, 1.54) is 6.42 Å². The number of nitrogens with one attached hydrogen (secondary N) is 1. The van der Waals surface area contributed by atoms with E-state index in [9.17, 15) is 4.79 Å². The normalized spacial score (nSPS) is 35.7. The van der Waals surface area contributed by atoms with Crippen molar-refractivity contribution in [1.29, 1.82) is 0 Å². The summed E-state index contributed by atoms with van der Waals surface area (Å²) in [4.78, 5) is 11.5. The molecular weight excluding hydrogens is 228 g/mol. The number of amides is 1. The average molecular weight is 254 g/mol. The van der Waals surface area contributed by atoms with Gasteiger partial charge in [-0.05, 0) is 18.8 Å². The van der Waals surface area contributed by atoms with Crippen LogP contribution in [-0.4, -0.2) is 30.7 Å². The molecule has 0 bridgehead atoms. The van der Waals surface area contributed by atoms with Gasteiger partial charge in [-0.1, -0.05) is 27.7 Å². The van der Waals surface area contributed by atoms with Gasteiger partial charge >= 0.3 is 0 Å². The fourth-order valence-corrected chi connectivity index (χ4v) is 3.66. The molecule has 0 aromatic rings. The third kappa shape index (κ3) is 2.16. The predicted molar refractivity (Wildman–Crippen MR) is 71.0 cm³/mol. The first kappa shape index (κ1) is 13.8. The summed E-state index contributed by atoms with van der Waals surface area (Å²) in [6, 6.07) is 0.0971. The maximum absolute atomic E-state index is 11.5. The van der Waals surface area contributed by atoms with Crippen LogP contribution in [0.5, 0.6) is 0 Å². The summed E-state index contributed by atoms with van der Waals surface area (Å²) in [5.41, 5.74) is 5.58. The first-order chi connectivity index (χ1) is 8.35. The number of primary amides is 1. The molecule has 0 radical (unpaired) electrons. The number of rotatable bonds is 4. The molecule has 4 nitrogen and oxygen atoms in total. The lowest BCUT2D eigenvalue weighted by molar-refractivity contribution is -0.195. The van der Waals surface area contributed by atoms with Gasteiger partial charge in [0.25, 0.3) is 0 Å². The maximum atomic E-state index is 11.5. The number of carbonyl (C=O) groups excluding carboxylic acids is 1. The van der Waals surface area contributed by atoms with Gasteiger partial charge < -0.3 is 15.8 Å². The highest BCUT2D eigenvalue weighted by Gasteiger charge is 2.58. The molecule has 1 heterocycles. The quantitative estimate of drug-likeness (QED) is 0.794. The molecule has 1 aliphatic heterocycles. The molecule has 2 aliphatic rings. The van der Waals surface area contributed by atoms with E-state index >= 15 is 0 Å². The summed E-state index contributed by atoms with van der Waals surface area (Å²) < 4.78 is 5.87. The van der Waals surface area contributed by atoms with Gasteiger partial charge in [-0.15, -0.1) is 0 Å². The Hall–Kier alpha value is -0.610. The molecule has 0 spiro atoms. The molecule has 0 aromatic carbocycles. The fourth-order valence-electron chi connectivity index (χ4n) is 3.66. The van der Waals surface area contributed by atoms with Crippen molar-refractivity contribution in [2.24, 2.45) is 23.0 Å². The van der Waals surface area contributed by atoms with Gasteiger partial charge in [0, 0.05) is 24.0 Å². The van der Waals surface area contributed by atoms with E-state index in [2.05, 4.69) is 19.2 Å². The molecule has 104 valence electrons. The second kappa shape index (κ2) is 4.82. The Bertz CT molecular complexity index is 328. The van der Waals surface area contributed by atoms with Gasteiger partial charge in [-0.25, -0.2) is 0 Å². The van der Waals surface area contributed by atoms with Crippen molar-refractivity contribution in [1.82, 2.24) is 5.32 Å². The lowest BCUT2D eigenvalue weighted by Crippen LogP contribution is -2.71. The van der Waals surface area contributed by atoms with Gasteiger partial charge in [0.1, 0.15) is 0 Å². The van der Waals surface area contributed by atoms with Crippen LogP contribution in [0.15, 0.2) is 0 Å². The summed E-state index contributed by atoms with van der Waals surface area (Å²) in [5, 5.41) is 3.49. The van der Waals surface area contributed by atoms with Gasteiger partial charge in [0.05, 0.1) is 12.1 Å². The Kier molecular flexibility index (Phi) is 3.70. The summed E-state index contributed by atoms with van der Waals surface area (Å²) in [6.07, 6.45) is 2.65. The molecule has 4 atom stereocenters. The molecule has 1 saturated carbocycles. The van der Waals surface area contributed by atoms with Crippen LogP contribution in [-0.2, 0) is 9.53 Å². The first-order valence-corrected chi connectivity index (χ1v) is 7.02. The van der Waals surface area contributed by atoms with Crippen molar-refractivity contribution >= 4 is 5.91 Å². The van der Waals surface area contributed by atoms with Gasteiger partial charge in [0.15, 0.2) is 0 Å². The molecular formula is C14H26N2O2. The minimum absolute atomic E-state index is 0.0909. The number of ether oxygens (including phenoxy) is 1. The highest BCUT2D eigenvalue weighted by atomic mass is 16.5. The smallest absolute Gasteiger partial charge is 0.234 e. The van der Waals surface area contributed by atoms with Crippen LogP contribution >= 0.6 is 0 Å². The fraction of sp³-hybridized carbons (Fsp3) is 0.929. The second-order valence-electron chi connectivity index (χ2n) is 6.69. The minimum Gasteiger partial charge on any atom is -0.377 e. The van der Waals surface area contributed by atoms with Crippen LogP contribution in [0.4, 0.5) is 0 Å². The zero-order valence-corrected chi connectivity index (χ0v) is 11.9. The predicted octanol–water partition coefficient (Wildman–Crippen LogP) is 1.29. The van der Waals surface area contributed by atoms with Crippen molar-refractivity contribution in [2.75, 3.05) is 6.61 Å². The van der Waals surface area contributed by atoms with Crippen molar-refractivity contribution in [3.63, 3.8) is 0 Å². The van der Waals surface area contributed by atoms with E-state index < -0.39 is 0 Å². The van der Waals surface area contributed by atoms with Crippen LogP contribution in [0.3, 0.4) is 0 Å². The highest BCUT2D eigenvalue weighted by Crippen LogP contribution is 2.51. The SMILES string of the molecule is CC(C)C(NC1C2CCCOC2C1(C)C)C(N)=O. The molecule has 0 aromatic heterocycles. The van der Waals surface area contributed by atoms with E-state index in [0.29, 0.717) is 18.1 Å². The second-order valence-corrected chi connectivity index (χ2v) is 6.69. The zero-order chi connectivity index (χ0) is 13.5. The Labute approximate surface area is 110 Å². The van der Waals surface area contributed by atoms with Crippen LogP contribution < -0.4 is 11.1 Å². The van der Waals surface area contributed by atoms with Gasteiger partial charge in [-0.3, -0.25) is 4.79 Å². The molecule has 18 heavy (non-hydrogen) atoms. The van der Waals surface area contributed by atoms with Crippen molar-refractivity contribution in [2.45, 2.75) is 58.7 Å². The lowest BCUT2D eigenvalue weighted by Gasteiger charge is -2.60.